The van der Waals surface area contributed by atoms with Crippen molar-refractivity contribution < 1.29 is 4.79 Å². The van der Waals surface area contributed by atoms with E-state index < -0.39 is 0 Å². The number of nitrogens with one attached hydrogen (secondary N) is 2. The van der Waals surface area contributed by atoms with Gasteiger partial charge in [-0.05, 0) is 19.1 Å². The molecule has 0 saturated heterocycles. The molecule has 6 heteroatoms. The first-order valence-electron chi connectivity index (χ1n) is 7.10. The van der Waals surface area contributed by atoms with Crippen molar-refractivity contribution in [2.45, 2.75) is 6.92 Å². The van der Waals surface area contributed by atoms with Gasteiger partial charge in [0.1, 0.15) is 5.69 Å². The first-order valence-corrected chi connectivity index (χ1v) is 7.10. The van der Waals surface area contributed by atoms with E-state index in [1.165, 1.54) is 6.21 Å². The molecular weight excluding hydrogens is 290 g/mol. The van der Waals surface area contributed by atoms with Crippen LogP contribution in [0.5, 0.6) is 0 Å². The smallest absolute Gasteiger partial charge is 0.272 e. The standard InChI is InChI=1S/C17H15N5O/c1-12-15(13-7-3-2-4-8-13)20-21-16(12)17(23)22-19-11-14-9-5-6-10-18-14/h2-11H,1H3,(H,20,21)(H,22,23)/b19-11+. The summed E-state index contributed by atoms with van der Waals surface area (Å²) in [4.78, 5) is 16.3. The zero-order chi connectivity index (χ0) is 16.1. The van der Waals surface area contributed by atoms with Gasteiger partial charge in [-0.2, -0.15) is 10.2 Å². The molecule has 114 valence electrons. The predicted octanol–water partition coefficient (Wildman–Crippen LogP) is 2.54. The number of rotatable bonds is 4. The summed E-state index contributed by atoms with van der Waals surface area (Å²) in [6.45, 7) is 1.85. The Hall–Kier alpha value is -3.28. The SMILES string of the molecule is Cc1c(-c2ccccc2)n[nH]c1C(=O)N/N=C/c1ccccn1. The number of amides is 1. The normalized spacial score (nSPS) is 10.8. The maximum atomic E-state index is 12.2. The van der Waals surface area contributed by atoms with Crippen molar-refractivity contribution in [3.05, 3.63) is 71.7 Å². The maximum Gasteiger partial charge on any atom is 0.289 e. The summed E-state index contributed by atoms with van der Waals surface area (Å²) in [6, 6.07) is 15.2. The first-order chi connectivity index (χ1) is 11.3. The highest BCUT2D eigenvalue weighted by molar-refractivity contribution is 5.95. The molecule has 0 saturated carbocycles. The number of carbonyl (C=O) groups excluding carboxylic acids is 1. The van der Waals surface area contributed by atoms with Crippen LogP contribution in [-0.4, -0.2) is 27.3 Å². The molecule has 2 N–H and O–H groups in total. The minimum absolute atomic E-state index is 0.343. The van der Waals surface area contributed by atoms with Gasteiger partial charge in [-0.15, -0.1) is 0 Å². The highest BCUT2D eigenvalue weighted by Crippen LogP contribution is 2.22. The summed E-state index contributed by atoms with van der Waals surface area (Å²) in [5.74, 6) is -0.343. The molecule has 0 aliphatic rings. The van der Waals surface area contributed by atoms with Crippen LogP contribution in [0, 0.1) is 6.92 Å². The number of pyridine rings is 1. The number of aromatic amines is 1. The largest absolute Gasteiger partial charge is 0.289 e. The molecule has 2 heterocycles. The molecule has 2 aromatic heterocycles. The number of nitrogens with zero attached hydrogens (tertiary/aromatic N) is 3. The van der Waals surface area contributed by atoms with Crippen LogP contribution in [0.3, 0.4) is 0 Å². The minimum atomic E-state index is -0.343. The van der Waals surface area contributed by atoms with Gasteiger partial charge in [0.25, 0.3) is 5.91 Å². The van der Waals surface area contributed by atoms with Gasteiger partial charge < -0.3 is 0 Å². The zero-order valence-electron chi connectivity index (χ0n) is 12.5. The number of benzene rings is 1. The number of H-pyrrole nitrogens is 1. The molecule has 0 atom stereocenters. The van der Waals surface area contributed by atoms with Gasteiger partial charge in [0, 0.05) is 17.3 Å². The van der Waals surface area contributed by atoms with E-state index in [0.29, 0.717) is 11.4 Å². The average molecular weight is 305 g/mol. The lowest BCUT2D eigenvalue weighted by atomic mass is 10.1. The molecule has 0 radical (unpaired) electrons. The van der Waals surface area contributed by atoms with Crippen LogP contribution in [0.4, 0.5) is 0 Å². The van der Waals surface area contributed by atoms with E-state index >= 15 is 0 Å². The van der Waals surface area contributed by atoms with Crippen molar-refractivity contribution in [2.75, 3.05) is 0 Å². The lowest BCUT2D eigenvalue weighted by Crippen LogP contribution is -2.19. The number of aromatic nitrogens is 3. The number of carbonyl (C=O) groups is 1. The summed E-state index contributed by atoms with van der Waals surface area (Å²) in [7, 11) is 0. The third-order valence-electron chi connectivity index (χ3n) is 3.33. The third kappa shape index (κ3) is 3.32. The quantitative estimate of drug-likeness (QED) is 0.574. The van der Waals surface area contributed by atoms with Crippen LogP contribution in [0.25, 0.3) is 11.3 Å². The van der Waals surface area contributed by atoms with Gasteiger partial charge in [-0.3, -0.25) is 14.9 Å². The van der Waals surface area contributed by atoms with Crippen molar-refractivity contribution in [1.29, 1.82) is 0 Å². The van der Waals surface area contributed by atoms with Crippen LogP contribution in [-0.2, 0) is 0 Å². The summed E-state index contributed by atoms with van der Waals surface area (Å²) in [5.41, 5.74) is 6.02. The van der Waals surface area contributed by atoms with Crippen LogP contribution in [0.2, 0.25) is 0 Å². The molecule has 6 nitrogen and oxygen atoms in total. The zero-order valence-corrected chi connectivity index (χ0v) is 12.5. The van der Waals surface area contributed by atoms with Crippen molar-refractivity contribution in [1.82, 2.24) is 20.6 Å². The van der Waals surface area contributed by atoms with Crippen LogP contribution < -0.4 is 5.43 Å². The van der Waals surface area contributed by atoms with Crippen molar-refractivity contribution in [3.63, 3.8) is 0 Å². The fourth-order valence-electron chi connectivity index (χ4n) is 2.16. The second-order valence-electron chi connectivity index (χ2n) is 4.89. The van der Waals surface area contributed by atoms with Gasteiger partial charge in [0.2, 0.25) is 0 Å². The van der Waals surface area contributed by atoms with Gasteiger partial charge in [-0.25, -0.2) is 5.43 Å². The number of hydrogen-bond acceptors (Lipinski definition) is 4. The molecule has 0 aliphatic heterocycles. The molecule has 0 fully saturated rings. The Labute approximate surface area is 133 Å². The minimum Gasteiger partial charge on any atom is -0.272 e. The fourth-order valence-corrected chi connectivity index (χ4v) is 2.16. The lowest BCUT2D eigenvalue weighted by molar-refractivity contribution is 0.0949. The lowest BCUT2D eigenvalue weighted by Gasteiger charge is -2.00. The Balaban J connectivity index is 1.74. The summed E-state index contributed by atoms with van der Waals surface area (Å²) >= 11 is 0. The molecule has 23 heavy (non-hydrogen) atoms. The topological polar surface area (TPSA) is 83.0 Å². The van der Waals surface area contributed by atoms with E-state index in [1.807, 2.05) is 49.4 Å². The van der Waals surface area contributed by atoms with Gasteiger partial charge in [0.15, 0.2) is 0 Å². The van der Waals surface area contributed by atoms with E-state index in [9.17, 15) is 4.79 Å². The molecule has 1 amide bonds. The van der Waals surface area contributed by atoms with E-state index in [1.54, 1.807) is 12.3 Å². The van der Waals surface area contributed by atoms with E-state index in [4.69, 9.17) is 0 Å². The van der Waals surface area contributed by atoms with Crippen molar-refractivity contribution >= 4 is 12.1 Å². The highest BCUT2D eigenvalue weighted by atomic mass is 16.2. The van der Waals surface area contributed by atoms with Crippen molar-refractivity contribution in [3.8, 4) is 11.3 Å². The molecule has 0 bridgehead atoms. The highest BCUT2D eigenvalue weighted by Gasteiger charge is 2.16. The summed E-state index contributed by atoms with van der Waals surface area (Å²) in [5, 5.41) is 10.9. The van der Waals surface area contributed by atoms with Crippen molar-refractivity contribution in [2.24, 2.45) is 5.10 Å². The molecule has 0 unspecified atom stereocenters. The Kier molecular flexibility index (Phi) is 4.24. The second kappa shape index (κ2) is 6.65. The summed E-state index contributed by atoms with van der Waals surface area (Å²) < 4.78 is 0. The summed E-state index contributed by atoms with van der Waals surface area (Å²) in [6.07, 6.45) is 3.15. The van der Waals surface area contributed by atoms with Gasteiger partial charge in [0.05, 0.1) is 17.6 Å². The van der Waals surface area contributed by atoms with Crippen LogP contribution >= 0.6 is 0 Å². The second-order valence-corrected chi connectivity index (χ2v) is 4.89. The molecule has 3 rings (SSSR count). The van der Waals surface area contributed by atoms with Crippen LogP contribution in [0.15, 0.2) is 59.8 Å². The van der Waals surface area contributed by atoms with E-state index in [2.05, 4.69) is 25.7 Å². The Bertz CT molecular complexity index is 825. The van der Waals surface area contributed by atoms with Gasteiger partial charge >= 0.3 is 0 Å². The fraction of sp³-hybridized carbons (Fsp3) is 0.0588. The predicted molar refractivity (Wildman–Crippen MR) is 88.1 cm³/mol. The maximum absolute atomic E-state index is 12.2. The molecule has 1 aromatic carbocycles. The Morgan fingerprint density at radius 3 is 2.70 bits per heavy atom. The van der Waals surface area contributed by atoms with E-state index in [0.717, 1.165) is 16.8 Å². The van der Waals surface area contributed by atoms with E-state index in [-0.39, 0.29) is 5.91 Å². The number of hydrogen-bond donors (Lipinski definition) is 2. The molecular formula is C17H15N5O. The molecule has 3 aromatic rings. The number of hydrazone groups is 1. The Morgan fingerprint density at radius 1 is 1.17 bits per heavy atom. The third-order valence-corrected chi connectivity index (χ3v) is 3.33. The van der Waals surface area contributed by atoms with Gasteiger partial charge in [-0.1, -0.05) is 36.4 Å². The Morgan fingerprint density at radius 2 is 1.96 bits per heavy atom. The molecule has 0 aliphatic carbocycles. The molecule has 0 spiro atoms. The average Bonchev–Trinajstić information content (AvgIpc) is 2.98. The monoisotopic (exact) mass is 305 g/mol. The van der Waals surface area contributed by atoms with Crippen LogP contribution in [0.1, 0.15) is 21.7 Å². The first kappa shape index (κ1) is 14.6.